The fraction of sp³-hybridized carbons (Fsp3) is 0.200. The fourth-order valence-electron chi connectivity index (χ4n) is 2.83. The van der Waals surface area contributed by atoms with E-state index >= 15 is 0 Å². The largest absolute Gasteiger partial charge is 0.379 e. The number of nitro benzene ring substituents is 1. The van der Waals surface area contributed by atoms with Crippen LogP contribution in [0.25, 0.3) is 0 Å². The van der Waals surface area contributed by atoms with Crippen molar-refractivity contribution in [2.24, 2.45) is 0 Å². The number of benzene rings is 2. The van der Waals surface area contributed by atoms with Crippen molar-refractivity contribution in [3.8, 4) is 0 Å². The average molecular weight is 379 g/mol. The van der Waals surface area contributed by atoms with Crippen LogP contribution >= 0.6 is 0 Å². The number of rotatable bonds is 9. The summed E-state index contributed by atoms with van der Waals surface area (Å²) in [5.41, 5.74) is 2.52. The third-order valence-corrected chi connectivity index (χ3v) is 4.25. The van der Waals surface area contributed by atoms with Crippen LogP contribution in [0.4, 0.5) is 11.4 Å². The number of hydrogen-bond acceptors (Lipinski definition) is 5. The Morgan fingerprint density at radius 1 is 1.07 bits per heavy atom. The number of carbonyl (C=O) groups is 1. The predicted octanol–water partition coefficient (Wildman–Crippen LogP) is 2.96. The molecule has 1 amide bonds. The first-order valence-corrected chi connectivity index (χ1v) is 8.91. The van der Waals surface area contributed by atoms with Crippen LogP contribution in [-0.2, 0) is 17.9 Å². The van der Waals surface area contributed by atoms with Crippen LogP contribution in [0, 0.1) is 10.1 Å². The second-order valence-electron chi connectivity index (χ2n) is 6.20. The van der Waals surface area contributed by atoms with Crippen molar-refractivity contribution in [3.05, 3.63) is 88.2 Å². The fourth-order valence-corrected chi connectivity index (χ4v) is 2.83. The van der Waals surface area contributed by atoms with Gasteiger partial charge in [-0.2, -0.15) is 5.10 Å². The highest BCUT2D eigenvalue weighted by Crippen LogP contribution is 2.22. The van der Waals surface area contributed by atoms with Gasteiger partial charge in [-0.3, -0.25) is 19.6 Å². The topological polar surface area (TPSA) is 102 Å². The molecule has 0 aliphatic heterocycles. The standard InChI is InChI=1S/C20H21N5O3/c26-20(10-12-21-18-8-3-4-9-19(18)25(27)28)22-14-16-6-1-2-7-17(16)15-24-13-5-11-23-24/h1-9,11,13,21H,10,12,14-15H2,(H,22,26). The minimum absolute atomic E-state index is 0.00421. The number of nitro groups is 1. The summed E-state index contributed by atoms with van der Waals surface area (Å²) in [5, 5.41) is 21.1. The van der Waals surface area contributed by atoms with Crippen LogP contribution in [0.15, 0.2) is 67.0 Å². The van der Waals surface area contributed by atoms with Crippen LogP contribution in [-0.4, -0.2) is 27.2 Å². The van der Waals surface area contributed by atoms with E-state index in [0.717, 1.165) is 11.1 Å². The van der Waals surface area contributed by atoms with Gasteiger partial charge >= 0.3 is 0 Å². The van der Waals surface area contributed by atoms with Gasteiger partial charge in [0.2, 0.25) is 5.91 Å². The van der Waals surface area contributed by atoms with E-state index in [9.17, 15) is 14.9 Å². The Hall–Kier alpha value is -3.68. The zero-order chi connectivity index (χ0) is 19.8. The maximum absolute atomic E-state index is 12.2. The molecule has 0 saturated carbocycles. The van der Waals surface area contributed by atoms with E-state index in [2.05, 4.69) is 15.7 Å². The van der Waals surface area contributed by atoms with Crippen molar-refractivity contribution in [2.75, 3.05) is 11.9 Å². The number of amides is 1. The third-order valence-electron chi connectivity index (χ3n) is 4.25. The molecule has 8 nitrogen and oxygen atoms in total. The summed E-state index contributed by atoms with van der Waals surface area (Å²) in [6.07, 6.45) is 3.84. The number of hydrogen-bond donors (Lipinski definition) is 2. The highest BCUT2D eigenvalue weighted by atomic mass is 16.6. The summed E-state index contributed by atoms with van der Waals surface area (Å²) >= 11 is 0. The highest BCUT2D eigenvalue weighted by molar-refractivity contribution is 5.76. The van der Waals surface area contributed by atoms with Crippen LogP contribution in [0.3, 0.4) is 0 Å². The molecule has 28 heavy (non-hydrogen) atoms. The molecule has 0 atom stereocenters. The van der Waals surface area contributed by atoms with Crippen molar-refractivity contribution < 1.29 is 9.72 Å². The molecule has 1 aromatic heterocycles. The smallest absolute Gasteiger partial charge is 0.292 e. The minimum Gasteiger partial charge on any atom is -0.379 e. The molecule has 0 aliphatic carbocycles. The first kappa shape index (κ1) is 19.1. The van der Waals surface area contributed by atoms with Gasteiger partial charge in [0.05, 0.1) is 11.5 Å². The van der Waals surface area contributed by atoms with E-state index < -0.39 is 4.92 Å². The summed E-state index contributed by atoms with van der Waals surface area (Å²) in [4.78, 5) is 22.7. The molecule has 0 aliphatic rings. The van der Waals surface area contributed by atoms with E-state index in [-0.39, 0.29) is 18.0 Å². The Morgan fingerprint density at radius 2 is 1.82 bits per heavy atom. The first-order chi connectivity index (χ1) is 13.6. The molecule has 3 rings (SSSR count). The molecule has 144 valence electrons. The number of nitrogens with one attached hydrogen (secondary N) is 2. The van der Waals surface area contributed by atoms with Gasteiger partial charge in [-0.05, 0) is 23.3 Å². The number of carbonyl (C=O) groups excluding carboxylic acids is 1. The Balaban J connectivity index is 1.49. The average Bonchev–Trinajstić information content (AvgIpc) is 3.21. The van der Waals surface area contributed by atoms with Crippen LogP contribution < -0.4 is 10.6 Å². The maximum Gasteiger partial charge on any atom is 0.292 e. The van der Waals surface area contributed by atoms with Crippen LogP contribution in [0.5, 0.6) is 0 Å². The van der Waals surface area contributed by atoms with Crippen molar-refractivity contribution in [2.45, 2.75) is 19.5 Å². The molecule has 0 bridgehead atoms. The second kappa shape index (κ2) is 9.31. The summed E-state index contributed by atoms with van der Waals surface area (Å²) < 4.78 is 1.83. The molecule has 0 unspecified atom stereocenters. The lowest BCUT2D eigenvalue weighted by atomic mass is 10.1. The molecule has 0 fully saturated rings. The first-order valence-electron chi connectivity index (χ1n) is 8.91. The summed E-state index contributed by atoms with van der Waals surface area (Å²) in [6.45, 7) is 1.37. The molecule has 0 radical (unpaired) electrons. The van der Waals surface area contributed by atoms with Gasteiger partial charge in [0.15, 0.2) is 0 Å². The lowest BCUT2D eigenvalue weighted by Gasteiger charge is -2.11. The summed E-state index contributed by atoms with van der Waals surface area (Å²) in [5.74, 6) is -0.125. The highest BCUT2D eigenvalue weighted by Gasteiger charge is 2.12. The van der Waals surface area contributed by atoms with E-state index in [0.29, 0.717) is 25.3 Å². The lowest BCUT2D eigenvalue weighted by molar-refractivity contribution is -0.384. The minimum atomic E-state index is -0.445. The summed E-state index contributed by atoms with van der Waals surface area (Å²) in [6, 6.07) is 16.1. The molecular weight excluding hydrogens is 358 g/mol. The molecule has 1 heterocycles. The van der Waals surface area contributed by atoms with E-state index in [1.807, 2.05) is 41.2 Å². The van der Waals surface area contributed by atoms with Gasteiger partial charge < -0.3 is 10.6 Å². The van der Waals surface area contributed by atoms with Gasteiger partial charge in [0.25, 0.3) is 5.69 Å². The number of nitrogens with zero attached hydrogens (tertiary/aromatic N) is 3. The zero-order valence-electron chi connectivity index (χ0n) is 15.2. The Bertz CT molecular complexity index is 941. The van der Waals surface area contributed by atoms with Crippen molar-refractivity contribution in [1.29, 1.82) is 0 Å². The monoisotopic (exact) mass is 379 g/mol. The van der Waals surface area contributed by atoms with Crippen LogP contribution in [0.2, 0.25) is 0 Å². The van der Waals surface area contributed by atoms with Crippen molar-refractivity contribution in [3.63, 3.8) is 0 Å². The Kier molecular flexibility index (Phi) is 6.35. The third kappa shape index (κ3) is 5.16. The SMILES string of the molecule is O=C(CCNc1ccccc1[N+](=O)[O-])NCc1ccccc1Cn1cccn1. The second-order valence-corrected chi connectivity index (χ2v) is 6.20. The number of anilines is 1. The normalized spacial score (nSPS) is 10.4. The van der Waals surface area contributed by atoms with Gasteiger partial charge in [-0.1, -0.05) is 36.4 Å². The van der Waals surface area contributed by atoms with Gasteiger partial charge in [0.1, 0.15) is 5.69 Å². The molecule has 2 aromatic carbocycles. The Morgan fingerprint density at radius 3 is 2.57 bits per heavy atom. The molecule has 0 spiro atoms. The molecule has 2 N–H and O–H groups in total. The van der Waals surface area contributed by atoms with Crippen molar-refractivity contribution in [1.82, 2.24) is 15.1 Å². The number of aromatic nitrogens is 2. The van der Waals surface area contributed by atoms with Crippen LogP contribution in [0.1, 0.15) is 17.5 Å². The summed E-state index contributed by atoms with van der Waals surface area (Å²) in [7, 11) is 0. The Labute approximate surface area is 162 Å². The maximum atomic E-state index is 12.2. The van der Waals surface area contributed by atoms with Gasteiger partial charge in [-0.15, -0.1) is 0 Å². The van der Waals surface area contributed by atoms with Gasteiger partial charge in [-0.25, -0.2) is 0 Å². The van der Waals surface area contributed by atoms with Crippen molar-refractivity contribution >= 4 is 17.3 Å². The predicted molar refractivity (Wildman–Crippen MR) is 106 cm³/mol. The molecular formula is C20H21N5O3. The number of para-hydroxylation sites is 2. The molecule has 3 aromatic rings. The van der Waals surface area contributed by atoms with Gasteiger partial charge in [0, 0.05) is 38.0 Å². The van der Waals surface area contributed by atoms with E-state index in [4.69, 9.17) is 0 Å². The quantitative estimate of drug-likeness (QED) is 0.440. The van der Waals surface area contributed by atoms with E-state index in [1.165, 1.54) is 6.07 Å². The van der Waals surface area contributed by atoms with E-state index in [1.54, 1.807) is 24.4 Å². The lowest BCUT2D eigenvalue weighted by Crippen LogP contribution is -2.25. The molecule has 0 saturated heterocycles. The zero-order valence-corrected chi connectivity index (χ0v) is 15.2. The molecule has 8 heteroatoms.